The van der Waals surface area contributed by atoms with Crippen molar-refractivity contribution >= 4 is 29.1 Å². The van der Waals surface area contributed by atoms with E-state index in [1.54, 1.807) is 24.3 Å². The van der Waals surface area contributed by atoms with E-state index >= 15 is 0 Å². The van der Waals surface area contributed by atoms with Gasteiger partial charge in [0.1, 0.15) is 0 Å². The molecule has 0 aromatic heterocycles. The SMILES string of the molecule is NC(=O)c1ccc(NC(=O)C(=O)N(Cc2ccccc2)c2ccccc2)cc1. The van der Waals surface area contributed by atoms with Gasteiger partial charge < -0.3 is 11.1 Å². The smallest absolute Gasteiger partial charge is 0.316 e. The van der Waals surface area contributed by atoms with Gasteiger partial charge in [0.25, 0.3) is 0 Å². The first-order valence-corrected chi connectivity index (χ1v) is 8.66. The molecule has 0 aliphatic heterocycles. The summed E-state index contributed by atoms with van der Waals surface area (Å²) in [6.45, 7) is 0.262. The first-order chi connectivity index (χ1) is 13.5. The number of benzene rings is 3. The van der Waals surface area contributed by atoms with E-state index in [-0.39, 0.29) is 6.54 Å². The number of hydrogen-bond acceptors (Lipinski definition) is 3. The molecule has 6 nitrogen and oxygen atoms in total. The molecule has 0 fully saturated rings. The topological polar surface area (TPSA) is 92.5 Å². The molecule has 0 heterocycles. The van der Waals surface area contributed by atoms with Crippen LogP contribution in [0.25, 0.3) is 0 Å². The molecule has 0 bridgehead atoms. The minimum atomic E-state index is -0.772. The fourth-order valence-corrected chi connectivity index (χ4v) is 2.68. The molecule has 0 unspecified atom stereocenters. The van der Waals surface area contributed by atoms with Crippen molar-refractivity contribution in [2.24, 2.45) is 5.73 Å². The number of nitrogens with one attached hydrogen (secondary N) is 1. The monoisotopic (exact) mass is 373 g/mol. The van der Waals surface area contributed by atoms with Gasteiger partial charge in [-0.3, -0.25) is 19.3 Å². The summed E-state index contributed by atoms with van der Waals surface area (Å²) in [5.41, 5.74) is 7.44. The number of nitrogens with two attached hydrogens (primary N) is 1. The second-order valence-corrected chi connectivity index (χ2v) is 6.11. The fourth-order valence-electron chi connectivity index (χ4n) is 2.68. The molecule has 3 amide bonds. The Hall–Kier alpha value is -3.93. The number of carbonyl (C=O) groups excluding carboxylic acids is 3. The molecule has 3 N–H and O–H groups in total. The quantitative estimate of drug-likeness (QED) is 0.674. The van der Waals surface area contributed by atoms with Gasteiger partial charge in [0.15, 0.2) is 0 Å². The summed E-state index contributed by atoms with van der Waals surface area (Å²) in [5, 5.41) is 2.56. The van der Waals surface area contributed by atoms with Gasteiger partial charge in [-0.1, -0.05) is 48.5 Å². The van der Waals surface area contributed by atoms with Crippen molar-refractivity contribution in [2.75, 3.05) is 10.2 Å². The van der Waals surface area contributed by atoms with Crippen molar-refractivity contribution in [3.05, 3.63) is 96.1 Å². The van der Waals surface area contributed by atoms with Crippen LogP contribution in [0.2, 0.25) is 0 Å². The third-order valence-electron chi connectivity index (χ3n) is 4.12. The highest BCUT2D eigenvalue weighted by molar-refractivity contribution is 6.44. The lowest BCUT2D eigenvalue weighted by atomic mass is 10.2. The molecule has 140 valence electrons. The second-order valence-electron chi connectivity index (χ2n) is 6.11. The van der Waals surface area contributed by atoms with Gasteiger partial charge in [0.05, 0.1) is 6.54 Å². The molecule has 0 aliphatic carbocycles. The maximum atomic E-state index is 12.9. The van der Waals surface area contributed by atoms with Crippen LogP contribution in [0.15, 0.2) is 84.9 Å². The van der Waals surface area contributed by atoms with Crippen molar-refractivity contribution < 1.29 is 14.4 Å². The molecule has 28 heavy (non-hydrogen) atoms. The lowest BCUT2D eigenvalue weighted by Crippen LogP contribution is -2.39. The molecule has 3 aromatic carbocycles. The number of para-hydroxylation sites is 1. The molecule has 0 radical (unpaired) electrons. The first-order valence-electron chi connectivity index (χ1n) is 8.66. The minimum Gasteiger partial charge on any atom is -0.366 e. The predicted molar refractivity (Wildman–Crippen MR) is 108 cm³/mol. The van der Waals surface area contributed by atoms with Crippen molar-refractivity contribution in [3.63, 3.8) is 0 Å². The van der Waals surface area contributed by atoms with Crippen molar-refractivity contribution in [3.8, 4) is 0 Å². The van der Waals surface area contributed by atoms with Gasteiger partial charge >= 0.3 is 11.8 Å². The summed E-state index contributed by atoms with van der Waals surface area (Å²) < 4.78 is 0. The van der Waals surface area contributed by atoms with E-state index in [0.29, 0.717) is 16.9 Å². The number of nitrogens with zero attached hydrogens (tertiary/aromatic N) is 1. The number of hydrogen-bond donors (Lipinski definition) is 2. The zero-order valence-corrected chi connectivity index (χ0v) is 15.0. The molecular formula is C22H19N3O3. The van der Waals surface area contributed by atoms with Crippen LogP contribution < -0.4 is 16.0 Å². The molecule has 3 aromatic rings. The number of rotatable bonds is 5. The summed E-state index contributed by atoms with van der Waals surface area (Å²) in [6, 6.07) is 24.5. The van der Waals surface area contributed by atoms with Gasteiger partial charge in [-0.25, -0.2) is 0 Å². The molecule has 0 spiro atoms. The van der Waals surface area contributed by atoms with Crippen LogP contribution in [0, 0.1) is 0 Å². The third-order valence-corrected chi connectivity index (χ3v) is 4.12. The molecule has 0 atom stereocenters. The van der Waals surface area contributed by atoms with Crippen LogP contribution in [0.1, 0.15) is 15.9 Å². The Morgan fingerprint density at radius 1 is 0.786 bits per heavy atom. The normalized spacial score (nSPS) is 10.1. The number of primary amides is 1. The standard InChI is InChI=1S/C22H19N3O3/c23-20(26)17-11-13-18(14-12-17)24-21(27)22(28)25(19-9-5-2-6-10-19)15-16-7-3-1-4-8-16/h1-14H,15H2,(H2,23,26)(H,24,27). The lowest BCUT2D eigenvalue weighted by molar-refractivity contribution is -0.134. The summed E-state index contributed by atoms with van der Waals surface area (Å²) in [7, 11) is 0. The zero-order valence-electron chi connectivity index (χ0n) is 15.0. The fraction of sp³-hybridized carbons (Fsp3) is 0.0455. The van der Waals surface area contributed by atoms with E-state index < -0.39 is 17.7 Å². The van der Waals surface area contributed by atoms with Crippen LogP contribution in [0.5, 0.6) is 0 Å². The average Bonchev–Trinajstić information content (AvgIpc) is 2.73. The van der Waals surface area contributed by atoms with Gasteiger partial charge in [-0.2, -0.15) is 0 Å². The maximum absolute atomic E-state index is 12.9. The number of anilines is 2. The van der Waals surface area contributed by atoms with E-state index in [1.165, 1.54) is 29.2 Å². The van der Waals surface area contributed by atoms with Gasteiger partial charge in [-0.05, 0) is 42.0 Å². The largest absolute Gasteiger partial charge is 0.366 e. The van der Waals surface area contributed by atoms with Crippen molar-refractivity contribution in [2.45, 2.75) is 6.54 Å². The van der Waals surface area contributed by atoms with Crippen LogP contribution in [-0.4, -0.2) is 17.7 Å². The van der Waals surface area contributed by atoms with Crippen LogP contribution in [0.3, 0.4) is 0 Å². The molecule has 0 saturated carbocycles. The summed E-state index contributed by atoms with van der Waals surface area (Å²) in [6.07, 6.45) is 0. The van der Waals surface area contributed by atoms with Gasteiger partial charge in [0.2, 0.25) is 5.91 Å². The van der Waals surface area contributed by atoms with Crippen molar-refractivity contribution in [1.29, 1.82) is 0 Å². The Morgan fingerprint density at radius 3 is 1.93 bits per heavy atom. The third kappa shape index (κ3) is 4.62. The summed E-state index contributed by atoms with van der Waals surface area (Å²) in [4.78, 5) is 38.0. The number of carbonyl (C=O) groups is 3. The van der Waals surface area contributed by atoms with E-state index in [4.69, 9.17) is 5.73 Å². The van der Waals surface area contributed by atoms with E-state index in [9.17, 15) is 14.4 Å². The van der Waals surface area contributed by atoms with Gasteiger partial charge in [-0.15, -0.1) is 0 Å². The van der Waals surface area contributed by atoms with Crippen LogP contribution >= 0.6 is 0 Å². The molecule has 3 rings (SSSR count). The Morgan fingerprint density at radius 2 is 1.36 bits per heavy atom. The first kappa shape index (κ1) is 18.8. The predicted octanol–water partition coefficient (Wildman–Crippen LogP) is 2.96. The van der Waals surface area contributed by atoms with E-state index in [1.807, 2.05) is 36.4 Å². The molecular weight excluding hydrogens is 354 g/mol. The molecule has 0 saturated heterocycles. The maximum Gasteiger partial charge on any atom is 0.316 e. The Kier molecular flexibility index (Phi) is 5.81. The van der Waals surface area contributed by atoms with Crippen LogP contribution in [0.4, 0.5) is 11.4 Å². The van der Waals surface area contributed by atoms with E-state index in [2.05, 4.69) is 5.32 Å². The molecule has 6 heteroatoms. The second kappa shape index (κ2) is 8.64. The Bertz CT molecular complexity index is 971. The lowest BCUT2D eigenvalue weighted by Gasteiger charge is -2.22. The van der Waals surface area contributed by atoms with Gasteiger partial charge in [0, 0.05) is 16.9 Å². The summed E-state index contributed by atoms with van der Waals surface area (Å²) in [5.74, 6) is -2.02. The highest BCUT2D eigenvalue weighted by Gasteiger charge is 2.23. The Balaban J connectivity index is 1.79. The number of amides is 3. The van der Waals surface area contributed by atoms with Crippen LogP contribution in [-0.2, 0) is 16.1 Å². The van der Waals surface area contributed by atoms with E-state index in [0.717, 1.165) is 5.56 Å². The molecule has 0 aliphatic rings. The zero-order chi connectivity index (χ0) is 19.9. The Labute approximate surface area is 162 Å². The average molecular weight is 373 g/mol. The van der Waals surface area contributed by atoms with Crippen molar-refractivity contribution in [1.82, 2.24) is 0 Å². The highest BCUT2D eigenvalue weighted by atomic mass is 16.2. The highest BCUT2D eigenvalue weighted by Crippen LogP contribution is 2.18. The summed E-state index contributed by atoms with van der Waals surface area (Å²) >= 11 is 0. The minimum absolute atomic E-state index is 0.262.